The van der Waals surface area contributed by atoms with Crippen LogP contribution in [0.1, 0.15) is 149 Å². The zero-order valence-corrected chi connectivity index (χ0v) is 25.6. The van der Waals surface area contributed by atoms with E-state index < -0.39 is 20.0 Å². The second-order valence-corrected chi connectivity index (χ2v) is 12.1. The smallest absolute Gasteiger partial charge is 0.391 e. The van der Waals surface area contributed by atoms with Gasteiger partial charge in [0.25, 0.3) is 0 Å². The molecule has 3 atom stereocenters. The summed E-state index contributed by atoms with van der Waals surface area (Å²) in [4.78, 5) is 22.4. The summed E-state index contributed by atoms with van der Waals surface area (Å²) in [6.07, 6.45) is 22.6. The number of nitrogens with two attached hydrogens (primary N) is 1. The number of phosphoric ester groups is 1. The van der Waals surface area contributed by atoms with Gasteiger partial charge in [0.2, 0.25) is 5.91 Å². The minimum Gasteiger partial charge on any atom is -0.391 e. The van der Waals surface area contributed by atoms with E-state index in [0.29, 0.717) is 12.8 Å². The summed E-state index contributed by atoms with van der Waals surface area (Å²) >= 11 is 0. The van der Waals surface area contributed by atoms with Crippen LogP contribution in [0.15, 0.2) is 0 Å². The molecule has 0 bridgehead atoms. The third kappa shape index (κ3) is 24.5. The SMILES string of the molecule is CCCCCCCCCCCCC[C@@H](O)[C@H](COP(=O)(O)OCCN)NC(=O)CCCCCCCCCC. The number of unbranched alkanes of at least 4 members (excludes halogenated alkanes) is 17. The van der Waals surface area contributed by atoms with Gasteiger partial charge in [0, 0.05) is 13.0 Å². The van der Waals surface area contributed by atoms with Crippen molar-refractivity contribution in [3.63, 3.8) is 0 Å². The summed E-state index contributed by atoms with van der Waals surface area (Å²) in [6.45, 7) is 4.14. The van der Waals surface area contributed by atoms with Crippen molar-refractivity contribution in [2.24, 2.45) is 5.73 Å². The standard InChI is InChI=1S/C29H61N2O6P/c1-3-5-7-9-11-13-14-15-16-18-20-22-28(32)27(26-37-38(34,35)36-25-24-30)31-29(33)23-21-19-17-12-10-8-6-4-2/h27-28,32H,3-26,30H2,1-2H3,(H,31,33)(H,34,35)/t27-,28+/m0/s1. The molecule has 0 aliphatic rings. The third-order valence-electron chi connectivity index (χ3n) is 6.96. The molecule has 0 aliphatic carbocycles. The van der Waals surface area contributed by atoms with Gasteiger partial charge in [0.05, 0.1) is 25.4 Å². The lowest BCUT2D eigenvalue weighted by molar-refractivity contribution is -0.123. The van der Waals surface area contributed by atoms with Crippen LogP contribution < -0.4 is 11.1 Å². The number of aliphatic hydroxyl groups is 1. The zero-order chi connectivity index (χ0) is 28.3. The molecule has 0 spiro atoms. The van der Waals surface area contributed by atoms with Gasteiger partial charge >= 0.3 is 7.82 Å². The van der Waals surface area contributed by atoms with Crippen molar-refractivity contribution in [1.82, 2.24) is 5.32 Å². The summed E-state index contributed by atoms with van der Waals surface area (Å²) in [7, 11) is -4.29. The van der Waals surface area contributed by atoms with Crippen LogP contribution in [0.25, 0.3) is 0 Å². The predicted octanol–water partition coefficient (Wildman–Crippen LogP) is 7.16. The largest absolute Gasteiger partial charge is 0.472 e. The Morgan fingerprint density at radius 3 is 1.68 bits per heavy atom. The van der Waals surface area contributed by atoms with Gasteiger partial charge in [0.1, 0.15) is 0 Å². The van der Waals surface area contributed by atoms with Gasteiger partial charge in [-0.15, -0.1) is 0 Å². The lowest BCUT2D eigenvalue weighted by Crippen LogP contribution is -2.46. The van der Waals surface area contributed by atoms with Gasteiger partial charge in [-0.3, -0.25) is 13.8 Å². The van der Waals surface area contributed by atoms with Gasteiger partial charge < -0.3 is 21.1 Å². The molecular weight excluding hydrogens is 503 g/mol. The molecule has 38 heavy (non-hydrogen) atoms. The van der Waals surface area contributed by atoms with Crippen LogP contribution in [-0.4, -0.2) is 47.8 Å². The number of carbonyl (C=O) groups is 1. The summed E-state index contributed by atoms with van der Waals surface area (Å²) in [5.74, 6) is -0.168. The van der Waals surface area contributed by atoms with Gasteiger partial charge in [0.15, 0.2) is 0 Å². The predicted molar refractivity (Wildman–Crippen MR) is 157 cm³/mol. The average molecular weight is 565 g/mol. The van der Waals surface area contributed by atoms with E-state index >= 15 is 0 Å². The maximum atomic E-state index is 12.5. The molecule has 0 rings (SSSR count). The molecule has 0 saturated carbocycles. The number of phosphoric acid groups is 1. The minimum atomic E-state index is -4.29. The van der Waals surface area contributed by atoms with E-state index in [1.54, 1.807) is 0 Å². The first kappa shape index (κ1) is 37.5. The zero-order valence-electron chi connectivity index (χ0n) is 24.7. The Morgan fingerprint density at radius 2 is 1.21 bits per heavy atom. The molecule has 1 unspecified atom stereocenters. The first-order valence-corrected chi connectivity index (χ1v) is 17.1. The van der Waals surface area contributed by atoms with Gasteiger partial charge in [-0.05, 0) is 12.8 Å². The molecule has 228 valence electrons. The Labute approximate surface area is 233 Å². The molecule has 0 fully saturated rings. The van der Waals surface area contributed by atoms with Crippen molar-refractivity contribution in [2.45, 2.75) is 161 Å². The van der Waals surface area contributed by atoms with Crippen LogP contribution >= 0.6 is 7.82 Å². The number of rotatable bonds is 29. The van der Waals surface area contributed by atoms with Crippen LogP contribution in [0, 0.1) is 0 Å². The van der Waals surface area contributed by atoms with Crippen LogP contribution in [0.3, 0.4) is 0 Å². The Bertz CT molecular complexity index is 581. The van der Waals surface area contributed by atoms with Gasteiger partial charge in [-0.2, -0.15) is 0 Å². The Hall–Kier alpha value is -0.500. The topological polar surface area (TPSA) is 131 Å². The normalized spacial score (nSPS) is 14.8. The fourth-order valence-electron chi connectivity index (χ4n) is 4.55. The Balaban J connectivity index is 4.36. The van der Waals surface area contributed by atoms with Crippen LogP contribution in [0.4, 0.5) is 0 Å². The summed E-state index contributed by atoms with van der Waals surface area (Å²) in [5, 5.41) is 13.6. The third-order valence-corrected chi connectivity index (χ3v) is 7.95. The molecule has 1 amide bonds. The second-order valence-electron chi connectivity index (χ2n) is 10.7. The van der Waals surface area contributed by atoms with E-state index in [1.807, 2.05) is 0 Å². The van der Waals surface area contributed by atoms with Crippen molar-refractivity contribution in [3.05, 3.63) is 0 Å². The lowest BCUT2D eigenvalue weighted by atomic mass is 10.0. The highest BCUT2D eigenvalue weighted by atomic mass is 31.2. The monoisotopic (exact) mass is 564 g/mol. The molecule has 8 nitrogen and oxygen atoms in total. The van der Waals surface area contributed by atoms with E-state index in [9.17, 15) is 19.4 Å². The highest BCUT2D eigenvalue weighted by Gasteiger charge is 2.27. The highest BCUT2D eigenvalue weighted by molar-refractivity contribution is 7.47. The summed E-state index contributed by atoms with van der Waals surface area (Å²) in [6, 6.07) is -0.762. The van der Waals surface area contributed by atoms with E-state index in [0.717, 1.165) is 38.5 Å². The molecule has 0 saturated heterocycles. The van der Waals surface area contributed by atoms with E-state index in [4.69, 9.17) is 14.8 Å². The summed E-state index contributed by atoms with van der Waals surface area (Å²) in [5.41, 5.74) is 5.33. The van der Waals surface area contributed by atoms with Crippen molar-refractivity contribution in [2.75, 3.05) is 19.8 Å². The number of aliphatic hydroxyl groups excluding tert-OH is 1. The van der Waals surface area contributed by atoms with Crippen molar-refractivity contribution in [3.8, 4) is 0 Å². The quantitative estimate of drug-likeness (QED) is 0.0560. The maximum Gasteiger partial charge on any atom is 0.472 e. The van der Waals surface area contributed by atoms with Crippen LogP contribution in [0.2, 0.25) is 0 Å². The van der Waals surface area contributed by atoms with Crippen molar-refractivity contribution < 1.29 is 28.4 Å². The van der Waals surface area contributed by atoms with Crippen molar-refractivity contribution >= 4 is 13.7 Å². The fraction of sp³-hybridized carbons (Fsp3) is 0.966. The second kappa shape index (κ2) is 26.7. The molecule has 0 aliphatic heterocycles. The van der Waals surface area contributed by atoms with Crippen molar-refractivity contribution in [1.29, 1.82) is 0 Å². The molecule has 0 aromatic rings. The molecule has 0 radical (unpaired) electrons. The molecule has 0 aromatic heterocycles. The molecule has 0 aromatic carbocycles. The van der Waals surface area contributed by atoms with Crippen LogP contribution in [0.5, 0.6) is 0 Å². The first-order chi connectivity index (χ1) is 18.4. The molecule has 9 heteroatoms. The number of nitrogens with one attached hydrogen (secondary N) is 1. The summed E-state index contributed by atoms with van der Waals surface area (Å²) < 4.78 is 21.9. The first-order valence-electron chi connectivity index (χ1n) is 15.7. The number of hydrogen-bond acceptors (Lipinski definition) is 6. The van der Waals surface area contributed by atoms with Crippen LogP contribution in [-0.2, 0) is 18.4 Å². The fourth-order valence-corrected chi connectivity index (χ4v) is 5.31. The van der Waals surface area contributed by atoms with Gasteiger partial charge in [-0.1, -0.05) is 129 Å². The minimum absolute atomic E-state index is 0.0914. The Morgan fingerprint density at radius 1 is 0.763 bits per heavy atom. The highest BCUT2D eigenvalue weighted by Crippen LogP contribution is 2.43. The number of carbonyl (C=O) groups excluding carboxylic acids is 1. The lowest BCUT2D eigenvalue weighted by Gasteiger charge is -2.25. The molecule has 5 N–H and O–H groups in total. The maximum absolute atomic E-state index is 12.5. The molecule has 0 heterocycles. The van der Waals surface area contributed by atoms with E-state index in [2.05, 4.69) is 19.2 Å². The van der Waals surface area contributed by atoms with E-state index in [1.165, 1.54) is 83.5 Å². The average Bonchev–Trinajstić information content (AvgIpc) is 2.89. The number of hydrogen-bond donors (Lipinski definition) is 4. The Kier molecular flexibility index (Phi) is 26.4. The van der Waals surface area contributed by atoms with E-state index in [-0.39, 0.29) is 25.7 Å². The number of amides is 1. The molecular formula is C29H61N2O6P. The van der Waals surface area contributed by atoms with Gasteiger partial charge in [-0.25, -0.2) is 4.57 Å².